The van der Waals surface area contributed by atoms with Crippen LogP contribution in [0.3, 0.4) is 0 Å². The molecular weight excluding hydrogens is 767 g/mol. The van der Waals surface area contributed by atoms with E-state index in [4.69, 9.17) is 52.4 Å². The summed E-state index contributed by atoms with van der Waals surface area (Å²) in [5.74, 6) is -1.07. The molecule has 0 fully saturated rings. The standard InChI is InChI=1S/C40H44Cl2N4O10/c1-53-37-21(17-43-19-23(47)15-35(49)50)13-31(41)39(45-37)55-33-11-9-27-25(5-3-7-29(27)33)26-6-4-8-30-28(26)10-12-34(30)56-40-32(42)14-22(38(46-40)54-2)18-44-20-24(48)16-36(51)52/h3-8,13-14,23-24,33-34,43-44,47-48H,9-12,15-20H2,1-2H3,(H,49,50)(H,51,52)/t23-,24-,33?,34?/m0/s1. The second kappa shape index (κ2) is 18.5. The summed E-state index contributed by atoms with van der Waals surface area (Å²) in [6, 6.07) is 15.8. The van der Waals surface area contributed by atoms with Crippen LogP contribution in [0.4, 0.5) is 0 Å². The summed E-state index contributed by atoms with van der Waals surface area (Å²) in [6.07, 6.45) is -0.375. The number of aliphatic hydroxyl groups is 2. The maximum absolute atomic E-state index is 10.9. The lowest BCUT2D eigenvalue weighted by Gasteiger charge is -2.19. The highest BCUT2D eigenvalue weighted by Gasteiger charge is 2.32. The fraction of sp³-hybridized carbons (Fsp3) is 0.400. The number of nitrogens with one attached hydrogen (secondary N) is 2. The number of aliphatic carboxylic acids is 2. The van der Waals surface area contributed by atoms with Crippen LogP contribution in [-0.2, 0) is 35.5 Å². The number of aliphatic hydroxyl groups excluding tert-OH is 2. The molecule has 2 unspecified atom stereocenters. The van der Waals surface area contributed by atoms with Gasteiger partial charge in [-0.15, -0.1) is 0 Å². The third kappa shape index (κ3) is 9.63. The SMILES string of the molecule is COc1nc(OC2CCc3c(-c4cccc5c4CCC5Oc4nc(OC)c(CNC[C@@H](O)CC(=O)O)cc4Cl)cccc32)c(Cl)cc1CNC[C@@H](O)CC(=O)O. The molecule has 2 aliphatic rings. The first-order valence-electron chi connectivity index (χ1n) is 18.2. The van der Waals surface area contributed by atoms with E-state index < -0.39 is 24.1 Å². The van der Waals surface area contributed by atoms with Gasteiger partial charge in [0.1, 0.15) is 22.3 Å². The second-order valence-electron chi connectivity index (χ2n) is 13.7. The third-order valence-electron chi connectivity index (χ3n) is 9.79. The molecule has 4 aromatic rings. The number of methoxy groups -OCH3 is 2. The maximum atomic E-state index is 10.9. The van der Waals surface area contributed by atoms with Crippen LogP contribution >= 0.6 is 23.2 Å². The molecule has 4 atom stereocenters. The molecule has 6 N–H and O–H groups in total. The lowest BCUT2D eigenvalue weighted by Crippen LogP contribution is -2.28. The molecule has 2 heterocycles. The molecule has 2 aromatic carbocycles. The summed E-state index contributed by atoms with van der Waals surface area (Å²) in [5.41, 5.74) is 7.99. The number of ether oxygens (including phenoxy) is 4. The Balaban J connectivity index is 1.16. The lowest BCUT2D eigenvalue weighted by atomic mass is 9.91. The summed E-state index contributed by atoms with van der Waals surface area (Å²) in [6.45, 7) is 0.656. The summed E-state index contributed by atoms with van der Waals surface area (Å²) >= 11 is 13.3. The number of pyridine rings is 2. The smallest absolute Gasteiger partial charge is 0.306 e. The minimum Gasteiger partial charge on any atom is -0.481 e. The van der Waals surface area contributed by atoms with Gasteiger partial charge in [-0.05, 0) is 71.2 Å². The first-order valence-corrected chi connectivity index (χ1v) is 19.0. The Bertz CT molecular complexity index is 1920. The quantitative estimate of drug-likeness (QED) is 0.0698. The van der Waals surface area contributed by atoms with Gasteiger partial charge in [-0.3, -0.25) is 9.59 Å². The van der Waals surface area contributed by atoms with Crippen molar-refractivity contribution in [3.63, 3.8) is 0 Å². The minimum atomic E-state index is -1.08. The molecular formula is C40H44Cl2N4O10. The van der Waals surface area contributed by atoms with Crippen molar-refractivity contribution in [3.8, 4) is 34.6 Å². The highest BCUT2D eigenvalue weighted by atomic mass is 35.5. The molecule has 6 rings (SSSR count). The summed E-state index contributed by atoms with van der Waals surface area (Å²) in [4.78, 5) is 30.8. The number of carbonyl (C=O) groups is 2. The van der Waals surface area contributed by atoms with Crippen molar-refractivity contribution in [1.29, 1.82) is 0 Å². The first-order chi connectivity index (χ1) is 26.9. The zero-order valence-electron chi connectivity index (χ0n) is 30.9. The van der Waals surface area contributed by atoms with Crippen molar-refractivity contribution in [2.45, 2.75) is 76.0 Å². The number of hydrogen-bond donors (Lipinski definition) is 6. The predicted molar refractivity (Wildman–Crippen MR) is 207 cm³/mol. The second-order valence-corrected chi connectivity index (χ2v) is 14.5. The van der Waals surface area contributed by atoms with Crippen molar-refractivity contribution in [2.75, 3.05) is 27.3 Å². The molecule has 0 saturated heterocycles. The lowest BCUT2D eigenvalue weighted by molar-refractivity contribution is -0.140. The number of carboxylic acids is 2. The fourth-order valence-electron chi connectivity index (χ4n) is 7.31. The van der Waals surface area contributed by atoms with Crippen molar-refractivity contribution in [3.05, 3.63) is 92.0 Å². The van der Waals surface area contributed by atoms with Gasteiger partial charge in [-0.2, -0.15) is 9.97 Å². The number of carboxylic acid groups (broad SMARTS) is 2. The van der Waals surface area contributed by atoms with Gasteiger partial charge in [-0.25, -0.2) is 0 Å². The topological polar surface area (TPSA) is 202 Å². The molecule has 2 aliphatic carbocycles. The Kier molecular flexibility index (Phi) is 13.5. The highest BCUT2D eigenvalue weighted by molar-refractivity contribution is 6.32. The zero-order chi connectivity index (χ0) is 39.9. The minimum absolute atomic E-state index is 0.0754. The molecule has 0 amide bonds. The highest BCUT2D eigenvalue weighted by Crippen LogP contribution is 2.46. The van der Waals surface area contributed by atoms with Crippen molar-refractivity contribution < 1.29 is 49.0 Å². The van der Waals surface area contributed by atoms with Crippen LogP contribution in [0.25, 0.3) is 11.1 Å². The Morgan fingerprint density at radius 1 is 0.714 bits per heavy atom. The molecule has 298 valence electrons. The van der Waals surface area contributed by atoms with Gasteiger partial charge in [-0.1, -0.05) is 59.6 Å². The van der Waals surface area contributed by atoms with E-state index in [2.05, 4.69) is 44.9 Å². The third-order valence-corrected chi connectivity index (χ3v) is 10.3. The Labute approximate surface area is 333 Å². The van der Waals surface area contributed by atoms with Crippen LogP contribution in [0.15, 0.2) is 48.5 Å². The van der Waals surface area contributed by atoms with Crippen LogP contribution in [0.2, 0.25) is 10.0 Å². The molecule has 0 spiro atoms. The van der Waals surface area contributed by atoms with E-state index >= 15 is 0 Å². The maximum Gasteiger partial charge on any atom is 0.306 e. The van der Waals surface area contributed by atoms with Crippen LogP contribution in [0.1, 0.15) is 71.3 Å². The van der Waals surface area contributed by atoms with E-state index in [9.17, 15) is 19.8 Å². The Morgan fingerprint density at radius 2 is 1.12 bits per heavy atom. The average Bonchev–Trinajstić information content (AvgIpc) is 3.77. The van der Waals surface area contributed by atoms with Crippen LogP contribution in [0.5, 0.6) is 23.5 Å². The molecule has 56 heavy (non-hydrogen) atoms. The van der Waals surface area contributed by atoms with E-state index in [-0.39, 0.29) is 63.0 Å². The predicted octanol–water partition coefficient (Wildman–Crippen LogP) is 5.45. The fourth-order valence-corrected chi connectivity index (χ4v) is 7.74. The molecule has 0 radical (unpaired) electrons. The molecule has 2 aromatic heterocycles. The van der Waals surface area contributed by atoms with Gasteiger partial charge in [0.25, 0.3) is 0 Å². The molecule has 0 saturated carbocycles. The van der Waals surface area contributed by atoms with E-state index in [1.807, 2.05) is 12.1 Å². The van der Waals surface area contributed by atoms with Gasteiger partial charge in [0.2, 0.25) is 23.5 Å². The summed E-state index contributed by atoms with van der Waals surface area (Å²) in [7, 11) is 2.99. The van der Waals surface area contributed by atoms with Gasteiger partial charge < -0.3 is 50.0 Å². The number of hydrogen-bond acceptors (Lipinski definition) is 12. The Morgan fingerprint density at radius 3 is 1.50 bits per heavy atom. The number of halogens is 2. The van der Waals surface area contributed by atoms with Gasteiger partial charge in [0.15, 0.2) is 0 Å². The van der Waals surface area contributed by atoms with Gasteiger partial charge >= 0.3 is 11.9 Å². The van der Waals surface area contributed by atoms with Gasteiger partial charge in [0, 0.05) is 37.3 Å². The first kappa shape index (κ1) is 40.9. The monoisotopic (exact) mass is 810 g/mol. The number of aromatic nitrogens is 2. The van der Waals surface area contributed by atoms with Gasteiger partial charge in [0.05, 0.1) is 39.3 Å². The zero-order valence-corrected chi connectivity index (χ0v) is 32.4. The Hall–Kier alpha value is -4.70. The van der Waals surface area contributed by atoms with Crippen molar-refractivity contribution >= 4 is 35.1 Å². The normalized spacial score (nSPS) is 16.8. The van der Waals surface area contributed by atoms with Crippen molar-refractivity contribution in [2.24, 2.45) is 0 Å². The van der Waals surface area contributed by atoms with Crippen molar-refractivity contribution in [1.82, 2.24) is 20.6 Å². The number of benzene rings is 2. The molecule has 0 bridgehead atoms. The van der Waals surface area contributed by atoms with E-state index in [0.29, 0.717) is 32.9 Å². The van der Waals surface area contributed by atoms with Crippen LogP contribution in [0, 0.1) is 0 Å². The number of fused-ring (bicyclic) bond motifs is 2. The largest absolute Gasteiger partial charge is 0.481 e. The van der Waals surface area contributed by atoms with E-state index in [1.54, 1.807) is 12.1 Å². The average molecular weight is 812 g/mol. The number of nitrogens with zero attached hydrogens (tertiary/aromatic N) is 2. The molecule has 0 aliphatic heterocycles. The summed E-state index contributed by atoms with van der Waals surface area (Å²) < 4.78 is 23.9. The number of rotatable bonds is 19. The van der Waals surface area contributed by atoms with Crippen LogP contribution in [-0.4, -0.2) is 81.8 Å². The molecule has 16 heteroatoms. The molecule has 14 nitrogen and oxygen atoms in total. The summed E-state index contributed by atoms with van der Waals surface area (Å²) in [5, 5.41) is 44.2. The van der Waals surface area contributed by atoms with Crippen LogP contribution < -0.4 is 29.6 Å². The van der Waals surface area contributed by atoms with E-state index in [0.717, 1.165) is 47.9 Å². The van der Waals surface area contributed by atoms with E-state index in [1.165, 1.54) is 25.3 Å².